The second-order valence-electron chi connectivity index (χ2n) is 14.4. The molecule has 0 saturated heterocycles. The summed E-state index contributed by atoms with van der Waals surface area (Å²) in [7, 11) is -2.60. The molecule has 3 aromatic carbocycles. The third-order valence-electron chi connectivity index (χ3n) is 10.2. The lowest BCUT2D eigenvalue weighted by Crippen LogP contribution is -2.28. The Kier molecular flexibility index (Phi) is 10.5. The van der Waals surface area contributed by atoms with Gasteiger partial charge in [-0.2, -0.15) is 0 Å². The van der Waals surface area contributed by atoms with Crippen LogP contribution in [0.2, 0.25) is 0 Å². The Morgan fingerprint density at radius 2 is 0.952 bits per heavy atom. The molecule has 42 heavy (non-hydrogen) atoms. The van der Waals surface area contributed by atoms with E-state index in [9.17, 15) is 9.79 Å². The monoisotopic (exact) mass is 590 g/mol. The third kappa shape index (κ3) is 6.64. The van der Waals surface area contributed by atoms with Crippen LogP contribution in [0.15, 0.2) is 54.6 Å². The van der Waals surface area contributed by atoms with E-state index in [2.05, 4.69) is 138 Å². The van der Waals surface area contributed by atoms with E-state index in [1.165, 1.54) is 33.4 Å². The van der Waals surface area contributed by atoms with Gasteiger partial charge in [-0.1, -0.05) is 132 Å². The average molecular weight is 591 g/mol. The molecule has 0 heterocycles. The number of rotatable bonds is 12. The number of hydrogen-bond donors (Lipinski definition) is 2. The first-order valence-corrected chi connectivity index (χ1v) is 16.9. The second-order valence-corrected chi connectivity index (χ2v) is 15.1. The molecule has 0 bridgehead atoms. The molecule has 2 N–H and O–H groups in total. The zero-order chi connectivity index (χ0) is 31.7. The Labute approximate surface area is 257 Å². The van der Waals surface area contributed by atoms with Crippen molar-refractivity contribution >= 4 is 8.60 Å². The standard InChI is InChI=1S/C38H55O3P/c1-13-35(5,6)29-23-19-17-21-26(29)28-25-31(41-42(39)40)33(37(9,10)15-3)34(38(11,12)16-4)32(28)27-22-18-20-24-30(27)36(7,8)14-2/h17-25,39-40H,13-16H2,1-12H3. The molecule has 0 spiro atoms. The van der Waals surface area contributed by atoms with Crippen molar-refractivity contribution < 1.29 is 14.3 Å². The van der Waals surface area contributed by atoms with Gasteiger partial charge in [0.05, 0.1) is 0 Å². The molecule has 230 valence electrons. The van der Waals surface area contributed by atoms with Crippen molar-refractivity contribution in [2.24, 2.45) is 0 Å². The van der Waals surface area contributed by atoms with Crippen molar-refractivity contribution in [3.8, 4) is 28.0 Å². The molecule has 0 atom stereocenters. The maximum Gasteiger partial charge on any atom is 0.391 e. The van der Waals surface area contributed by atoms with Crippen LogP contribution in [0.5, 0.6) is 5.75 Å². The topological polar surface area (TPSA) is 49.7 Å². The Morgan fingerprint density at radius 1 is 0.548 bits per heavy atom. The number of benzene rings is 3. The van der Waals surface area contributed by atoms with E-state index in [0.29, 0.717) is 5.75 Å². The molecule has 0 amide bonds. The Hall–Kier alpha value is -2.19. The van der Waals surface area contributed by atoms with Gasteiger partial charge in [-0.25, -0.2) is 0 Å². The van der Waals surface area contributed by atoms with Gasteiger partial charge in [-0.15, -0.1) is 0 Å². The molecule has 3 nitrogen and oxygen atoms in total. The molecular weight excluding hydrogens is 535 g/mol. The predicted molar refractivity (Wildman–Crippen MR) is 183 cm³/mol. The highest BCUT2D eigenvalue weighted by Gasteiger charge is 2.39. The van der Waals surface area contributed by atoms with Crippen molar-refractivity contribution in [2.45, 2.75) is 130 Å². The van der Waals surface area contributed by atoms with Crippen molar-refractivity contribution in [2.75, 3.05) is 0 Å². The van der Waals surface area contributed by atoms with E-state index in [-0.39, 0.29) is 21.7 Å². The minimum Gasteiger partial charge on any atom is -0.427 e. The summed E-state index contributed by atoms with van der Waals surface area (Å²) < 4.78 is 6.01. The largest absolute Gasteiger partial charge is 0.427 e. The van der Waals surface area contributed by atoms with Crippen molar-refractivity contribution in [1.29, 1.82) is 0 Å². The summed E-state index contributed by atoms with van der Waals surface area (Å²) in [5.41, 5.74) is 9.07. The van der Waals surface area contributed by atoms with Gasteiger partial charge in [-0.3, -0.25) is 0 Å². The first-order valence-electron chi connectivity index (χ1n) is 15.8. The maximum absolute atomic E-state index is 10.3. The SMILES string of the molecule is CCC(C)(C)c1ccccc1-c1cc(OP(O)O)c(C(C)(C)CC)c(C(C)(C)CC)c1-c1ccccc1C(C)(C)CC. The van der Waals surface area contributed by atoms with E-state index in [1.54, 1.807) is 0 Å². The molecule has 0 unspecified atom stereocenters. The lowest BCUT2D eigenvalue weighted by Gasteiger charge is -2.39. The lowest BCUT2D eigenvalue weighted by molar-refractivity contribution is 0.364. The van der Waals surface area contributed by atoms with Gasteiger partial charge < -0.3 is 14.3 Å². The van der Waals surface area contributed by atoms with Gasteiger partial charge in [0, 0.05) is 5.56 Å². The van der Waals surface area contributed by atoms with Crippen molar-refractivity contribution in [1.82, 2.24) is 0 Å². The fraction of sp³-hybridized carbons (Fsp3) is 0.526. The molecule has 0 saturated carbocycles. The summed E-state index contributed by atoms with van der Waals surface area (Å²) in [5, 5.41) is 0. The zero-order valence-corrected chi connectivity index (χ0v) is 29.2. The minimum absolute atomic E-state index is 0.0379. The predicted octanol–water partition coefficient (Wildman–Crippen LogP) is 11.4. The molecule has 0 aliphatic heterocycles. The zero-order valence-electron chi connectivity index (χ0n) is 28.3. The van der Waals surface area contributed by atoms with Gasteiger partial charge in [-0.05, 0) is 92.4 Å². The Bertz CT molecular complexity index is 1380. The van der Waals surface area contributed by atoms with Crippen LogP contribution < -0.4 is 4.52 Å². The van der Waals surface area contributed by atoms with Crippen molar-refractivity contribution in [3.63, 3.8) is 0 Å². The van der Waals surface area contributed by atoms with Crippen LogP contribution in [0.1, 0.15) is 131 Å². The van der Waals surface area contributed by atoms with E-state index in [1.807, 2.05) is 0 Å². The fourth-order valence-electron chi connectivity index (χ4n) is 5.99. The van der Waals surface area contributed by atoms with Crippen LogP contribution >= 0.6 is 8.60 Å². The molecule has 0 fully saturated rings. The van der Waals surface area contributed by atoms with E-state index >= 15 is 0 Å². The van der Waals surface area contributed by atoms with E-state index in [0.717, 1.165) is 36.8 Å². The van der Waals surface area contributed by atoms with Gasteiger partial charge in [0.15, 0.2) is 0 Å². The molecule has 0 aliphatic carbocycles. The summed E-state index contributed by atoms with van der Waals surface area (Å²) in [6, 6.07) is 19.8. The molecule has 4 heteroatoms. The molecule has 0 aliphatic rings. The molecule has 0 radical (unpaired) electrons. The highest BCUT2D eigenvalue weighted by molar-refractivity contribution is 7.39. The lowest BCUT2D eigenvalue weighted by atomic mass is 9.65. The van der Waals surface area contributed by atoms with Gasteiger partial charge in [0.25, 0.3) is 0 Å². The quantitative estimate of drug-likeness (QED) is 0.206. The van der Waals surface area contributed by atoms with Crippen LogP contribution in [0.3, 0.4) is 0 Å². The van der Waals surface area contributed by atoms with E-state index in [4.69, 9.17) is 4.52 Å². The summed E-state index contributed by atoms with van der Waals surface area (Å²) in [6.07, 6.45) is 3.81. The molecule has 3 aromatic rings. The highest BCUT2D eigenvalue weighted by Crippen LogP contribution is 2.55. The summed E-state index contributed by atoms with van der Waals surface area (Å²) in [6.45, 7) is 27.4. The van der Waals surface area contributed by atoms with E-state index < -0.39 is 8.60 Å². The van der Waals surface area contributed by atoms with Crippen LogP contribution in [-0.2, 0) is 21.7 Å². The van der Waals surface area contributed by atoms with Crippen LogP contribution in [0.25, 0.3) is 22.3 Å². The summed E-state index contributed by atoms with van der Waals surface area (Å²) >= 11 is 0. The molecular formula is C38H55O3P. The van der Waals surface area contributed by atoms with Gasteiger partial charge in [0.2, 0.25) is 0 Å². The van der Waals surface area contributed by atoms with Gasteiger partial charge >= 0.3 is 8.60 Å². The summed E-state index contributed by atoms with van der Waals surface area (Å²) in [5.74, 6) is 0.574. The highest BCUT2D eigenvalue weighted by atomic mass is 31.2. The van der Waals surface area contributed by atoms with Crippen LogP contribution in [-0.4, -0.2) is 9.79 Å². The first-order chi connectivity index (χ1) is 19.5. The van der Waals surface area contributed by atoms with Crippen LogP contribution in [0, 0.1) is 0 Å². The number of hydrogen-bond acceptors (Lipinski definition) is 3. The van der Waals surface area contributed by atoms with Crippen molar-refractivity contribution in [3.05, 3.63) is 76.9 Å². The normalized spacial score (nSPS) is 13.1. The fourth-order valence-corrected chi connectivity index (χ4v) is 6.31. The smallest absolute Gasteiger partial charge is 0.391 e. The van der Waals surface area contributed by atoms with Crippen LogP contribution in [0.4, 0.5) is 0 Å². The first kappa shape index (κ1) is 34.3. The minimum atomic E-state index is -2.60. The Morgan fingerprint density at radius 3 is 1.40 bits per heavy atom. The molecule has 3 rings (SSSR count). The molecule has 0 aromatic heterocycles. The average Bonchev–Trinajstić information content (AvgIpc) is 2.96. The maximum atomic E-state index is 10.3. The Balaban J connectivity index is 2.79. The summed E-state index contributed by atoms with van der Waals surface area (Å²) in [4.78, 5) is 20.5. The van der Waals surface area contributed by atoms with Gasteiger partial charge in [0.1, 0.15) is 5.75 Å². The third-order valence-corrected chi connectivity index (χ3v) is 10.6. The second kappa shape index (κ2) is 12.8.